The number of thiazole rings is 1. The van der Waals surface area contributed by atoms with Crippen LogP contribution in [0.25, 0.3) is 10.2 Å². The summed E-state index contributed by atoms with van der Waals surface area (Å²) in [6.45, 7) is 0. The van der Waals surface area contributed by atoms with Gasteiger partial charge in [-0.15, -0.1) is 0 Å². The number of methoxy groups -OCH3 is 1. The molecule has 0 saturated heterocycles. The molecule has 2 aromatic carbocycles. The van der Waals surface area contributed by atoms with Gasteiger partial charge in [-0.1, -0.05) is 33.3 Å². The Morgan fingerprint density at radius 3 is 2.67 bits per heavy atom. The van der Waals surface area contributed by atoms with Crippen LogP contribution in [-0.4, -0.2) is 23.6 Å². The van der Waals surface area contributed by atoms with Crippen LogP contribution in [0.2, 0.25) is 0 Å². The van der Waals surface area contributed by atoms with Crippen molar-refractivity contribution in [3.05, 3.63) is 62.9 Å². The van der Waals surface area contributed by atoms with E-state index in [4.69, 9.17) is 4.74 Å². The van der Waals surface area contributed by atoms with E-state index >= 15 is 0 Å². The zero-order valence-corrected chi connectivity index (χ0v) is 15.3. The fraction of sp³-hybridized carbons (Fsp3) is 0.118. The molecular formula is C17H13BrN2O3S. The molecule has 1 heterocycles. The van der Waals surface area contributed by atoms with Gasteiger partial charge in [0.2, 0.25) is 0 Å². The Bertz CT molecular complexity index is 1020. The molecular weight excluding hydrogens is 392 g/mol. The number of benzene rings is 2. The smallest absolute Gasteiger partial charge is 0.337 e. The van der Waals surface area contributed by atoms with Gasteiger partial charge in [0.05, 0.1) is 22.9 Å². The summed E-state index contributed by atoms with van der Waals surface area (Å²) in [6, 6.07) is 12.4. The van der Waals surface area contributed by atoms with E-state index in [2.05, 4.69) is 20.9 Å². The van der Waals surface area contributed by atoms with Gasteiger partial charge < -0.3 is 9.30 Å². The van der Waals surface area contributed by atoms with Gasteiger partial charge in [0, 0.05) is 17.1 Å². The molecule has 0 bridgehead atoms. The van der Waals surface area contributed by atoms with Crippen molar-refractivity contribution >= 4 is 49.4 Å². The van der Waals surface area contributed by atoms with Crippen molar-refractivity contribution in [2.75, 3.05) is 7.11 Å². The summed E-state index contributed by atoms with van der Waals surface area (Å²) in [5.41, 5.74) is 1.88. The van der Waals surface area contributed by atoms with Crippen LogP contribution in [0.3, 0.4) is 0 Å². The number of carbonyl (C=O) groups is 2. The van der Waals surface area contributed by atoms with Gasteiger partial charge in [0.1, 0.15) is 0 Å². The maximum atomic E-state index is 12.3. The highest BCUT2D eigenvalue weighted by molar-refractivity contribution is 9.10. The second kappa shape index (κ2) is 6.70. The van der Waals surface area contributed by atoms with Crippen LogP contribution in [0, 0.1) is 0 Å². The van der Waals surface area contributed by atoms with Crippen molar-refractivity contribution in [1.82, 2.24) is 4.57 Å². The molecule has 0 unspecified atom stereocenters. The first-order valence-corrected chi connectivity index (χ1v) is 8.63. The maximum Gasteiger partial charge on any atom is 0.337 e. The molecule has 0 saturated carbocycles. The Morgan fingerprint density at radius 1 is 1.17 bits per heavy atom. The number of aromatic nitrogens is 1. The summed E-state index contributed by atoms with van der Waals surface area (Å²) >= 11 is 4.70. The summed E-state index contributed by atoms with van der Waals surface area (Å²) in [5.74, 6) is -0.705. The first kappa shape index (κ1) is 16.6. The molecule has 1 aromatic heterocycles. The van der Waals surface area contributed by atoms with Gasteiger partial charge in [0.15, 0.2) is 4.80 Å². The van der Waals surface area contributed by atoms with E-state index in [1.807, 2.05) is 23.7 Å². The van der Waals surface area contributed by atoms with Crippen LogP contribution in [0.15, 0.2) is 51.9 Å². The quantitative estimate of drug-likeness (QED) is 0.613. The monoisotopic (exact) mass is 404 g/mol. The average Bonchev–Trinajstić information content (AvgIpc) is 2.89. The van der Waals surface area contributed by atoms with E-state index in [1.54, 1.807) is 30.3 Å². The molecule has 3 aromatic rings. The number of hydrogen-bond acceptors (Lipinski definition) is 4. The third kappa shape index (κ3) is 3.18. The third-order valence-electron chi connectivity index (χ3n) is 3.50. The van der Waals surface area contributed by atoms with Crippen molar-refractivity contribution in [2.24, 2.45) is 12.0 Å². The summed E-state index contributed by atoms with van der Waals surface area (Å²) in [5, 5.41) is 0. The van der Waals surface area contributed by atoms with E-state index in [9.17, 15) is 9.59 Å². The lowest BCUT2D eigenvalue weighted by molar-refractivity contribution is 0.0601. The summed E-state index contributed by atoms with van der Waals surface area (Å²) < 4.78 is 8.25. The lowest BCUT2D eigenvalue weighted by Crippen LogP contribution is -2.13. The van der Waals surface area contributed by atoms with Crippen molar-refractivity contribution < 1.29 is 14.3 Å². The lowest BCUT2D eigenvalue weighted by Gasteiger charge is -1.99. The molecule has 0 spiro atoms. The first-order chi connectivity index (χ1) is 11.5. The minimum atomic E-state index is -0.392. The maximum absolute atomic E-state index is 12.3. The molecule has 122 valence electrons. The standard InChI is InChI=1S/C17H13BrN2O3S/c1-20-13-7-6-11(16(22)23-2)9-14(13)24-17(20)19-15(21)10-4-3-5-12(18)8-10/h3-9H,1-2H3. The van der Waals surface area contributed by atoms with E-state index in [0.717, 1.165) is 14.7 Å². The second-order valence-electron chi connectivity index (χ2n) is 5.05. The molecule has 0 atom stereocenters. The van der Waals surface area contributed by atoms with E-state index in [-0.39, 0.29) is 5.91 Å². The van der Waals surface area contributed by atoms with Crippen molar-refractivity contribution in [3.8, 4) is 0 Å². The number of carbonyl (C=O) groups excluding carboxylic acids is 2. The Kier molecular flexibility index (Phi) is 4.64. The highest BCUT2D eigenvalue weighted by Crippen LogP contribution is 2.19. The summed E-state index contributed by atoms with van der Waals surface area (Å²) in [6.07, 6.45) is 0. The number of rotatable bonds is 2. The van der Waals surface area contributed by atoms with Crippen molar-refractivity contribution in [1.29, 1.82) is 0 Å². The van der Waals surface area contributed by atoms with Gasteiger partial charge in [-0.2, -0.15) is 4.99 Å². The molecule has 0 N–H and O–H groups in total. The van der Waals surface area contributed by atoms with Crippen LogP contribution < -0.4 is 4.80 Å². The van der Waals surface area contributed by atoms with Crippen LogP contribution in [0.4, 0.5) is 0 Å². The van der Waals surface area contributed by atoms with Crippen LogP contribution in [-0.2, 0) is 11.8 Å². The van der Waals surface area contributed by atoms with E-state index in [1.165, 1.54) is 18.4 Å². The Labute approximate surface area is 150 Å². The molecule has 1 amide bonds. The predicted molar refractivity (Wildman–Crippen MR) is 96.2 cm³/mol. The van der Waals surface area contributed by atoms with E-state index in [0.29, 0.717) is 15.9 Å². The number of nitrogens with zero attached hydrogens (tertiary/aromatic N) is 2. The summed E-state index contributed by atoms with van der Waals surface area (Å²) in [4.78, 5) is 28.8. The predicted octanol–water partition coefficient (Wildman–Crippen LogP) is 3.53. The normalized spacial score (nSPS) is 11.7. The van der Waals surface area contributed by atoms with E-state index < -0.39 is 5.97 Å². The number of esters is 1. The van der Waals surface area contributed by atoms with Gasteiger partial charge in [-0.05, 0) is 36.4 Å². The third-order valence-corrected chi connectivity index (χ3v) is 5.09. The molecule has 0 radical (unpaired) electrons. The number of fused-ring (bicyclic) bond motifs is 1. The molecule has 3 rings (SSSR count). The molecule has 0 fully saturated rings. The molecule has 0 aliphatic rings. The van der Waals surface area contributed by atoms with Crippen molar-refractivity contribution in [3.63, 3.8) is 0 Å². The van der Waals surface area contributed by atoms with Crippen LogP contribution in [0.5, 0.6) is 0 Å². The minimum absolute atomic E-state index is 0.313. The Balaban J connectivity index is 2.07. The fourth-order valence-corrected chi connectivity index (χ4v) is 3.71. The second-order valence-corrected chi connectivity index (χ2v) is 6.97. The molecule has 5 nitrogen and oxygen atoms in total. The zero-order chi connectivity index (χ0) is 17.3. The van der Waals surface area contributed by atoms with Gasteiger partial charge >= 0.3 is 5.97 Å². The Morgan fingerprint density at radius 2 is 1.96 bits per heavy atom. The van der Waals surface area contributed by atoms with Crippen LogP contribution >= 0.6 is 27.3 Å². The van der Waals surface area contributed by atoms with Gasteiger partial charge in [-0.25, -0.2) is 4.79 Å². The number of amides is 1. The fourth-order valence-electron chi connectivity index (χ4n) is 2.26. The number of ether oxygens (including phenoxy) is 1. The average molecular weight is 405 g/mol. The first-order valence-electron chi connectivity index (χ1n) is 7.02. The van der Waals surface area contributed by atoms with Gasteiger partial charge in [-0.3, -0.25) is 4.79 Å². The topological polar surface area (TPSA) is 60.7 Å². The Hall–Kier alpha value is -2.25. The van der Waals surface area contributed by atoms with Crippen molar-refractivity contribution in [2.45, 2.75) is 0 Å². The van der Waals surface area contributed by atoms with Crippen LogP contribution in [0.1, 0.15) is 20.7 Å². The minimum Gasteiger partial charge on any atom is -0.465 e. The number of halogens is 1. The lowest BCUT2D eigenvalue weighted by atomic mass is 10.2. The number of aryl methyl sites for hydroxylation is 1. The largest absolute Gasteiger partial charge is 0.465 e. The molecule has 0 aliphatic carbocycles. The molecule has 7 heteroatoms. The van der Waals surface area contributed by atoms with Gasteiger partial charge in [0.25, 0.3) is 5.91 Å². The highest BCUT2D eigenvalue weighted by atomic mass is 79.9. The molecule has 0 aliphatic heterocycles. The molecule has 24 heavy (non-hydrogen) atoms. The summed E-state index contributed by atoms with van der Waals surface area (Å²) in [7, 11) is 3.18. The highest BCUT2D eigenvalue weighted by Gasteiger charge is 2.11. The SMILES string of the molecule is COC(=O)c1ccc2c(c1)sc(=NC(=O)c1cccc(Br)c1)n2C. The number of hydrogen-bond donors (Lipinski definition) is 0. The zero-order valence-electron chi connectivity index (χ0n) is 12.9.